The van der Waals surface area contributed by atoms with Crippen LogP contribution < -0.4 is 5.73 Å². The van der Waals surface area contributed by atoms with E-state index in [1.807, 2.05) is 0 Å². The zero-order valence-corrected chi connectivity index (χ0v) is 40.0. The van der Waals surface area contributed by atoms with Gasteiger partial charge in [-0.25, -0.2) is 0 Å². The monoisotopic (exact) mass is 938 g/mol. The Morgan fingerprint density at radius 1 is 0.591 bits per heavy atom. The molecule has 1 aromatic rings. The second kappa shape index (κ2) is 34.0. The molecule has 2 N–H and O–H groups in total. The van der Waals surface area contributed by atoms with Crippen molar-refractivity contribution < 1.29 is 71.5 Å². The van der Waals surface area contributed by atoms with Crippen molar-refractivity contribution in [1.29, 1.82) is 0 Å². The molecule has 66 heavy (non-hydrogen) atoms. The van der Waals surface area contributed by atoms with Crippen LogP contribution in [0.4, 0.5) is 0 Å². The van der Waals surface area contributed by atoms with Gasteiger partial charge in [0.2, 0.25) is 29.5 Å². The molecule has 1 unspecified atom stereocenters. The number of Topliss-reactive ketones (excluding diaryl/α,β-unsaturated/α-hetero) is 2. The van der Waals surface area contributed by atoms with Crippen LogP contribution >= 0.6 is 0 Å². The number of primary amides is 1. The van der Waals surface area contributed by atoms with E-state index in [0.717, 1.165) is 16.0 Å². The van der Waals surface area contributed by atoms with Gasteiger partial charge < -0.3 is 63.2 Å². The number of nitrogens with zero attached hydrogens (tertiary/aromatic N) is 4. The molecular weight excluding hydrogens is 863 g/mol. The minimum atomic E-state index is -0.850. The summed E-state index contributed by atoms with van der Waals surface area (Å²) in [4.78, 5) is 99.2. The molecule has 0 aromatic heterocycles. The molecule has 2 rings (SSSR count). The van der Waals surface area contributed by atoms with Gasteiger partial charge in [-0.05, 0) is 24.5 Å². The second-order valence-corrected chi connectivity index (χ2v) is 16.0. The van der Waals surface area contributed by atoms with Crippen molar-refractivity contribution in [2.45, 2.75) is 52.0 Å². The molecule has 0 aliphatic carbocycles. The Hall–Kier alpha value is -4.41. The lowest BCUT2D eigenvalue weighted by molar-refractivity contribution is -0.147. The number of ketones is 2. The van der Waals surface area contributed by atoms with Gasteiger partial charge in [0.15, 0.2) is 5.78 Å². The average molecular weight is 938 g/mol. The predicted octanol–water partition coefficient (Wildman–Crippen LogP) is 0.186. The Morgan fingerprint density at radius 2 is 1.02 bits per heavy atom. The van der Waals surface area contributed by atoms with E-state index in [0.29, 0.717) is 52.6 Å². The number of likely N-dealkylation sites (tertiary alicyclic amines) is 1. The smallest absolute Gasteiger partial charge is 0.242 e. The number of hydrogen-bond donors (Lipinski definition) is 1. The minimum Gasteiger partial charge on any atom is -0.383 e. The van der Waals surface area contributed by atoms with Gasteiger partial charge >= 0.3 is 0 Å². The van der Waals surface area contributed by atoms with Gasteiger partial charge in [0, 0.05) is 92.3 Å². The SMILES string of the molecule is COCCOCCOCCN(CCOCCOCCOC)C(=O)CN(CC(=O)N(CCOC)CCOC)C(=O)C[C@H](C)C(=O)CC1CCN([C@@H](C)C(=O)Cc2ccc(CC(N)=O)cc2)C1=O. The third-order valence-corrected chi connectivity index (χ3v) is 11.0. The maximum absolute atomic E-state index is 14.1. The molecule has 20 nitrogen and oxygen atoms in total. The van der Waals surface area contributed by atoms with Gasteiger partial charge in [0.1, 0.15) is 18.9 Å². The molecule has 0 saturated carbocycles. The van der Waals surface area contributed by atoms with Gasteiger partial charge in [-0.3, -0.25) is 33.6 Å². The number of amides is 5. The molecule has 0 radical (unpaired) electrons. The molecular formula is C46H75N5O15. The Kier molecular flexibility index (Phi) is 29.7. The lowest BCUT2D eigenvalue weighted by Crippen LogP contribution is -2.50. The highest BCUT2D eigenvalue weighted by atomic mass is 16.5. The fraction of sp³-hybridized carbons (Fsp3) is 0.717. The van der Waals surface area contributed by atoms with Crippen molar-refractivity contribution in [2.75, 3.05) is 154 Å². The van der Waals surface area contributed by atoms with Crippen molar-refractivity contribution in [3.63, 3.8) is 0 Å². The third kappa shape index (κ3) is 22.9. The summed E-state index contributed by atoms with van der Waals surface area (Å²) in [7, 11) is 6.17. The summed E-state index contributed by atoms with van der Waals surface area (Å²) in [5.74, 6) is -4.28. The van der Waals surface area contributed by atoms with E-state index in [-0.39, 0.29) is 109 Å². The van der Waals surface area contributed by atoms with Crippen LogP contribution in [-0.2, 0) is 84.3 Å². The van der Waals surface area contributed by atoms with Gasteiger partial charge in [-0.2, -0.15) is 0 Å². The standard InChI is InChI=1S/C46H75N5O15/c1-35(40(52)32-39-11-12-51(46(39)58)36(2)41(53)30-37-7-9-38(10-8-37)31-42(47)54)29-43(55)50(33-44(56)48(13-17-59-3)14-18-60-4)34-45(57)49(15-19-63-25-27-65-23-21-61-5)16-20-64-26-28-66-24-22-62-6/h7-10,35-36,39H,11-34H2,1-6H3,(H2,47,54)/t35-,36-,39?/m0/s1. The van der Waals surface area contributed by atoms with E-state index >= 15 is 0 Å². The molecule has 5 amide bonds. The molecule has 1 saturated heterocycles. The van der Waals surface area contributed by atoms with E-state index < -0.39 is 54.6 Å². The van der Waals surface area contributed by atoms with E-state index in [2.05, 4.69) is 0 Å². The first-order valence-electron chi connectivity index (χ1n) is 22.6. The summed E-state index contributed by atoms with van der Waals surface area (Å²) >= 11 is 0. The fourth-order valence-electron chi connectivity index (χ4n) is 6.95. The normalized spacial score (nSPS) is 14.5. The number of carbonyl (C=O) groups excluding carboxylic acids is 7. The van der Waals surface area contributed by atoms with Gasteiger partial charge in [-0.15, -0.1) is 0 Å². The molecule has 1 fully saturated rings. The number of hydrogen-bond acceptors (Lipinski definition) is 15. The van der Waals surface area contributed by atoms with Crippen LogP contribution in [0, 0.1) is 11.8 Å². The number of nitrogens with two attached hydrogens (primary N) is 1. The molecule has 1 aromatic carbocycles. The van der Waals surface area contributed by atoms with Crippen LogP contribution in [0.5, 0.6) is 0 Å². The number of rotatable bonds is 39. The molecule has 1 aliphatic heterocycles. The lowest BCUT2D eigenvalue weighted by Gasteiger charge is -2.30. The summed E-state index contributed by atoms with van der Waals surface area (Å²) in [5.41, 5.74) is 6.74. The van der Waals surface area contributed by atoms with Crippen LogP contribution in [0.15, 0.2) is 24.3 Å². The highest BCUT2D eigenvalue weighted by Crippen LogP contribution is 2.26. The average Bonchev–Trinajstić information content (AvgIpc) is 3.65. The zero-order valence-electron chi connectivity index (χ0n) is 40.0. The topological polar surface area (TPSA) is 232 Å². The van der Waals surface area contributed by atoms with Gasteiger partial charge in [0.25, 0.3) is 0 Å². The predicted molar refractivity (Wildman–Crippen MR) is 241 cm³/mol. The van der Waals surface area contributed by atoms with Crippen LogP contribution in [0.1, 0.15) is 44.2 Å². The Balaban J connectivity index is 2.16. The first kappa shape index (κ1) is 57.7. The molecule has 1 heterocycles. The molecule has 0 spiro atoms. The van der Waals surface area contributed by atoms with Gasteiger partial charge in [-0.1, -0.05) is 31.2 Å². The lowest BCUT2D eigenvalue weighted by atomic mass is 9.92. The molecule has 0 bridgehead atoms. The first-order valence-corrected chi connectivity index (χ1v) is 22.6. The second-order valence-electron chi connectivity index (χ2n) is 16.0. The van der Waals surface area contributed by atoms with Crippen LogP contribution in [-0.4, -0.2) is 220 Å². The summed E-state index contributed by atoms with van der Waals surface area (Å²) in [5, 5.41) is 0. The minimum absolute atomic E-state index is 0.0815. The maximum Gasteiger partial charge on any atom is 0.242 e. The number of ether oxygens (including phenoxy) is 8. The van der Waals surface area contributed by atoms with Crippen molar-refractivity contribution >= 4 is 41.1 Å². The Morgan fingerprint density at radius 3 is 1.47 bits per heavy atom. The highest BCUT2D eigenvalue weighted by Gasteiger charge is 2.38. The quantitative estimate of drug-likeness (QED) is 0.0869. The molecule has 20 heteroatoms. The summed E-state index contributed by atoms with van der Waals surface area (Å²) in [6.07, 6.45) is 0.0929. The van der Waals surface area contributed by atoms with Crippen LogP contribution in [0.25, 0.3) is 0 Å². The summed E-state index contributed by atoms with van der Waals surface area (Å²) in [6, 6.07) is 6.25. The van der Waals surface area contributed by atoms with Crippen LogP contribution in [0.2, 0.25) is 0 Å². The van der Waals surface area contributed by atoms with Crippen LogP contribution in [0.3, 0.4) is 0 Å². The zero-order chi connectivity index (χ0) is 48.7. The molecule has 374 valence electrons. The van der Waals surface area contributed by atoms with E-state index in [4.69, 9.17) is 43.6 Å². The molecule has 1 aliphatic rings. The van der Waals surface area contributed by atoms with Crippen molar-refractivity contribution in [3.8, 4) is 0 Å². The van der Waals surface area contributed by atoms with Gasteiger partial charge in [0.05, 0.1) is 91.7 Å². The Labute approximate surface area is 389 Å². The summed E-state index contributed by atoms with van der Waals surface area (Å²) in [6.45, 7) is 7.13. The highest BCUT2D eigenvalue weighted by molar-refractivity contribution is 5.95. The first-order chi connectivity index (χ1) is 31.8. The van der Waals surface area contributed by atoms with E-state index in [9.17, 15) is 33.6 Å². The number of methoxy groups -OCH3 is 4. The van der Waals surface area contributed by atoms with Crippen molar-refractivity contribution in [2.24, 2.45) is 17.6 Å². The van der Waals surface area contributed by atoms with E-state index in [1.165, 1.54) is 28.9 Å². The number of carbonyl (C=O) groups is 7. The van der Waals surface area contributed by atoms with Crippen molar-refractivity contribution in [1.82, 2.24) is 19.6 Å². The van der Waals surface area contributed by atoms with E-state index in [1.54, 1.807) is 52.3 Å². The third-order valence-electron chi connectivity index (χ3n) is 11.0. The molecule has 3 atom stereocenters. The summed E-state index contributed by atoms with van der Waals surface area (Å²) < 4.78 is 42.7. The fourth-order valence-corrected chi connectivity index (χ4v) is 6.95. The Bertz CT molecular complexity index is 1590. The van der Waals surface area contributed by atoms with Crippen molar-refractivity contribution in [3.05, 3.63) is 35.4 Å². The number of benzene rings is 1. The maximum atomic E-state index is 14.1. The largest absolute Gasteiger partial charge is 0.383 e.